The maximum atomic E-state index is 12.8. The third-order valence-electron chi connectivity index (χ3n) is 9.78. The average molecular weight is 895 g/mol. The van der Waals surface area contributed by atoms with Gasteiger partial charge in [0.1, 0.15) is 12.2 Å². The lowest BCUT2D eigenvalue weighted by Gasteiger charge is -2.15. The van der Waals surface area contributed by atoms with E-state index in [1.54, 1.807) is 18.3 Å². The maximum Gasteiger partial charge on any atom is 0.356 e. The van der Waals surface area contributed by atoms with Crippen molar-refractivity contribution in [2.24, 2.45) is 0 Å². The molecule has 2 aromatic heterocycles. The number of unbranched alkanes of at least 4 members (excludes halogenated alkanes) is 8. The van der Waals surface area contributed by atoms with Gasteiger partial charge in [0.25, 0.3) is 11.5 Å². The number of nitrogen functional groups attached to an aromatic ring is 1. The number of nitrogens with zero attached hydrogens (tertiary/aromatic N) is 2. The highest BCUT2D eigenvalue weighted by atomic mass is 16.5. The third-order valence-corrected chi connectivity index (χ3v) is 9.78. The Kier molecular flexibility index (Phi) is 25.8. The molecule has 0 radical (unpaired) electrons. The van der Waals surface area contributed by atoms with Crippen LogP contribution < -0.4 is 48.2 Å². The minimum Gasteiger partial charge on any atom is -0.480 e. The molecule has 1 atom stereocenters. The molecule has 0 bridgehead atoms. The summed E-state index contributed by atoms with van der Waals surface area (Å²) in [5.41, 5.74) is 6.85. The molecule has 3 aromatic rings. The number of H-pyrrole nitrogens is 2. The van der Waals surface area contributed by atoms with Crippen LogP contribution >= 0.6 is 0 Å². The number of urea groups is 1. The summed E-state index contributed by atoms with van der Waals surface area (Å²) in [4.78, 5) is 86.4. The molecule has 0 fully saturated rings. The molecule has 0 aliphatic heterocycles. The van der Waals surface area contributed by atoms with Gasteiger partial charge in [-0.25, -0.2) is 19.6 Å². The van der Waals surface area contributed by atoms with E-state index in [-0.39, 0.29) is 73.1 Å². The molecule has 0 saturated heterocycles. The molecule has 352 valence electrons. The number of carboxylic acids is 1. The highest BCUT2D eigenvalue weighted by Gasteiger charge is 2.22. The number of carbonyl (C=O) groups excluding carboxylic acids is 4. The Bertz CT molecular complexity index is 1960. The number of anilines is 2. The summed E-state index contributed by atoms with van der Waals surface area (Å²) in [6, 6.07) is 4.98. The second-order valence-corrected chi connectivity index (χ2v) is 15.1. The number of ether oxygens (including phenoxy) is 2. The molecule has 2 heterocycles. The van der Waals surface area contributed by atoms with E-state index in [9.17, 15) is 33.9 Å². The summed E-state index contributed by atoms with van der Waals surface area (Å²) in [7, 11) is 0. The Morgan fingerprint density at radius 2 is 1.41 bits per heavy atom. The van der Waals surface area contributed by atoms with E-state index in [1.807, 2.05) is 0 Å². The molecule has 0 aliphatic carbocycles. The summed E-state index contributed by atoms with van der Waals surface area (Å²) in [5.74, 6) is -2.27. The number of allylic oxidation sites excluding steroid dienone is 2. The Labute approximate surface area is 374 Å². The van der Waals surface area contributed by atoms with Crippen LogP contribution in [-0.4, -0.2) is 108 Å². The van der Waals surface area contributed by atoms with Crippen LogP contribution in [0.4, 0.5) is 16.4 Å². The van der Waals surface area contributed by atoms with Crippen molar-refractivity contribution in [2.75, 3.05) is 63.7 Å². The van der Waals surface area contributed by atoms with Crippen LogP contribution in [0, 0.1) is 0 Å². The molecular formula is C44H68N11O9+. The zero-order valence-electron chi connectivity index (χ0n) is 37.1. The lowest BCUT2D eigenvalue weighted by molar-refractivity contribution is -0.349. The molecule has 11 N–H and O–H groups in total. The topological polar surface area (TPSA) is 295 Å². The Morgan fingerprint density at radius 3 is 2.06 bits per heavy atom. The summed E-state index contributed by atoms with van der Waals surface area (Å²) >= 11 is 0. The third kappa shape index (κ3) is 22.8. The van der Waals surface area contributed by atoms with Crippen molar-refractivity contribution in [3.8, 4) is 0 Å². The first-order valence-electron chi connectivity index (χ1n) is 22.4. The number of nitrogens with one attached hydrogen (secondary N) is 8. The molecule has 64 heavy (non-hydrogen) atoms. The molecule has 1 unspecified atom stereocenters. The summed E-state index contributed by atoms with van der Waals surface area (Å²) < 4.78 is 11.0. The molecule has 0 spiro atoms. The average Bonchev–Trinajstić information content (AvgIpc) is 3.28. The first kappa shape index (κ1) is 52.2. The second kappa shape index (κ2) is 31.7. The van der Waals surface area contributed by atoms with Crippen LogP contribution in [0.1, 0.15) is 113 Å². The van der Waals surface area contributed by atoms with Gasteiger partial charge in [-0.3, -0.25) is 24.2 Å². The number of carboxylic acid groups (broad SMARTS) is 1. The van der Waals surface area contributed by atoms with E-state index >= 15 is 0 Å². The highest BCUT2D eigenvalue weighted by molar-refractivity contribution is 5.97. The van der Waals surface area contributed by atoms with Crippen molar-refractivity contribution in [2.45, 2.75) is 109 Å². The van der Waals surface area contributed by atoms with Gasteiger partial charge in [-0.1, -0.05) is 44.8 Å². The van der Waals surface area contributed by atoms with E-state index in [2.05, 4.69) is 70.9 Å². The van der Waals surface area contributed by atoms with Gasteiger partial charge >= 0.3 is 23.6 Å². The van der Waals surface area contributed by atoms with Gasteiger partial charge in [0.2, 0.25) is 17.3 Å². The molecule has 1 aromatic carbocycles. The number of aliphatic carboxylic acids is 1. The largest absolute Gasteiger partial charge is 0.480 e. The quantitative estimate of drug-likeness (QED) is 0.0308. The monoisotopic (exact) mass is 895 g/mol. The molecular weight excluding hydrogens is 827 g/mol. The first-order valence-corrected chi connectivity index (χ1v) is 22.4. The lowest BCUT2D eigenvalue weighted by Crippen LogP contribution is -2.41. The second-order valence-electron chi connectivity index (χ2n) is 15.1. The number of hydrogen-bond donors (Lipinski definition) is 9. The highest BCUT2D eigenvalue weighted by Crippen LogP contribution is 2.12. The van der Waals surface area contributed by atoms with Crippen LogP contribution in [0.15, 0.2) is 47.4 Å². The van der Waals surface area contributed by atoms with Crippen molar-refractivity contribution >= 4 is 52.5 Å². The SMILES string of the molecule is CCCCCNC(=O)NCCCCC=CCCCCCCC(=O)NCCOCCOCCNC(=O)CCC(NC(=O)c1ccc(NCc2c[nH+]c3nc(N)[nH]c(=O)c3n2)cc1)C(=O)O. The van der Waals surface area contributed by atoms with Crippen LogP contribution in [0.25, 0.3) is 11.2 Å². The maximum absolute atomic E-state index is 12.8. The zero-order valence-corrected chi connectivity index (χ0v) is 37.1. The fourth-order valence-electron chi connectivity index (χ4n) is 6.20. The van der Waals surface area contributed by atoms with Gasteiger partial charge < -0.3 is 52.2 Å². The zero-order chi connectivity index (χ0) is 46.2. The molecule has 20 nitrogen and oxygen atoms in total. The number of rotatable bonds is 34. The number of carbonyl (C=O) groups is 5. The summed E-state index contributed by atoms with van der Waals surface area (Å²) in [6.07, 6.45) is 17.7. The number of nitrogens with two attached hydrogens (primary N) is 1. The van der Waals surface area contributed by atoms with Gasteiger partial charge in [-0.2, -0.15) is 0 Å². The number of benzene rings is 1. The van der Waals surface area contributed by atoms with Crippen molar-refractivity contribution in [1.29, 1.82) is 0 Å². The Balaban J connectivity index is 1.12. The van der Waals surface area contributed by atoms with Crippen molar-refractivity contribution < 1.29 is 43.5 Å². The molecule has 5 amide bonds. The van der Waals surface area contributed by atoms with E-state index in [1.165, 1.54) is 12.1 Å². The lowest BCUT2D eigenvalue weighted by atomic mass is 10.1. The Hall–Kier alpha value is -6.15. The predicted octanol–water partition coefficient (Wildman–Crippen LogP) is 3.11. The van der Waals surface area contributed by atoms with E-state index in [0.29, 0.717) is 50.7 Å². The number of amides is 5. The van der Waals surface area contributed by atoms with Crippen LogP contribution in [0.3, 0.4) is 0 Å². The van der Waals surface area contributed by atoms with Gasteiger partial charge in [-0.15, -0.1) is 0 Å². The predicted molar refractivity (Wildman–Crippen MR) is 242 cm³/mol. The number of aromatic nitrogens is 4. The fourth-order valence-corrected chi connectivity index (χ4v) is 6.20. The minimum absolute atomic E-state index is 0.00848. The number of hydrogen-bond acceptors (Lipinski definition) is 12. The van der Waals surface area contributed by atoms with E-state index in [4.69, 9.17) is 15.2 Å². The molecule has 3 rings (SSSR count). The van der Waals surface area contributed by atoms with Crippen molar-refractivity contribution in [3.05, 3.63) is 64.2 Å². The van der Waals surface area contributed by atoms with Gasteiger partial charge in [0.15, 0.2) is 0 Å². The van der Waals surface area contributed by atoms with Gasteiger partial charge in [0, 0.05) is 50.3 Å². The normalized spacial score (nSPS) is 11.6. The van der Waals surface area contributed by atoms with Gasteiger partial charge in [-0.05, 0) is 80.6 Å². The van der Waals surface area contributed by atoms with E-state index in [0.717, 1.165) is 77.2 Å². The van der Waals surface area contributed by atoms with Crippen LogP contribution in [0.5, 0.6) is 0 Å². The first-order chi connectivity index (χ1) is 31.0. The molecule has 0 saturated carbocycles. The van der Waals surface area contributed by atoms with Crippen LogP contribution in [-0.2, 0) is 30.4 Å². The fraction of sp³-hybridized carbons (Fsp3) is 0.568. The van der Waals surface area contributed by atoms with Crippen LogP contribution in [0.2, 0.25) is 0 Å². The summed E-state index contributed by atoms with van der Waals surface area (Å²) in [5, 5.41) is 26.6. The smallest absolute Gasteiger partial charge is 0.356 e. The van der Waals surface area contributed by atoms with Crippen molar-refractivity contribution in [1.82, 2.24) is 41.5 Å². The Morgan fingerprint density at radius 1 is 0.781 bits per heavy atom. The minimum atomic E-state index is -1.28. The number of aromatic amines is 2. The van der Waals surface area contributed by atoms with Gasteiger partial charge in [0.05, 0.1) is 38.7 Å². The standard InChI is InChI=1S/C44H67N11O9/c1-2-3-13-22-48-44(62)49-23-14-11-9-7-5-4-6-8-10-12-15-36(56)46-24-26-63-28-29-64-27-25-47-37(57)21-20-35(42(60)61)53-40(58)32-16-18-33(19-17-32)50-30-34-31-51-39-38(52-34)41(59)55-43(45)54-39/h5,7,16-19,31,35,50H,2-4,6,8-15,20-30H2,1H3,(H,46,56)(H,47,57)(H,53,58)(H,60,61)(H2,48,49,62)(H3,45,51,54,55,59)/p+1. The molecule has 20 heteroatoms. The van der Waals surface area contributed by atoms with Crippen molar-refractivity contribution in [3.63, 3.8) is 0 Å². The number of fused-ring (bicyclic) bond motifs is 1. The molecule has 0 aliphatic rings. The van der Waals surface area contributed by atoms with E-state index < -0.39 is 23.5 Å². The summed E-state index contributed by atoms with van der Waals surface area (Å²) in [6.45, 7) is 5.67.